The lowest BCUT2D eigenvalue weighted by Gasteiger charge is -2.40. The average Bonchev–Trinajstić information content (AvgIpc) is 3.34. The normalized spacial score (nSPS) is 13.8. The van der Waals surface area contributed by atoms with Crippen LogP contribution in [0.4, 0.5) is 16.2 Å². The maximum atomic E-state index is 13.6. The van der Waals surface area contributed by atoms with Crippen LogP contribution in [0.15, 0.2) is 122 Å². The molecule has 0 saturated carbocycles. The van der Waals surface area contributed by atoms with Gasteiger partial charge in [0.2, 0.25) is 6.71 Å². The van der Waals surface area contributed by atoms with Crippen molar-refractivity contribution in [2.24, 2.45) is 0 Å². The number of amides is 1. The summed E-state index contributed by atoms with van der Waals surface area (Å²) in [4.78, 5) is 15.4. The lowest BCUT2D eigenvalue weighted by molar-refractivity contribution is 0.200. The Hall–Kier alpha value is -5.29. The van der Waals surface area contributed by atoms with Crippen molar-refractivity contribution >= 4 is 74.2 Å². The molecule has 0 N–H and O–H groups in total. The molecule has 0 radical (unpaired) electrons. The molecule has 3 heterocycles. The average molecular weight is 514 g/mol. The molecule has 0 atom stereocenters. The Labute approximate surface area is 232 Å². The fraction of sp³-hybridized carbons (Fsp3) is 0. The van der Waals surface area contributed by atoms with Gasteiger partial charge < -0.3 is 9.30 Å². The molecule has 0 aliphatic carbocycles. The van der Waals surface area contributed by atoms with Crippen LogP contribution >= 0.6 is 0 Å². The van der Waals surface area contributed by atoms with E-state index in [-0.39, 0.29) is 6.71 Å². The molecule has 0 spiro atoms. The van der Waals surface area contributed by atoms with E-state index in [1.54, 1.807) is 4.90 Å². The summed E-state index contributed by atoms with van der Waals surface area (Å²) < 4.78 is 8.15. The summed E-state index contributed by atoms with van der Waals surface area (Å²) >= 11 is 0. The minimum absolute atomic E-state index is 0.113. The lowest BCUT2D eigenvalue weighted by atomic mass is 9.34. The second-order valence-corrected chi connectivity index (χ2v) is 10.2. The Morgan fingerprint density at radius 2 is 1.48 bits per heavy atom. The predicted molar refractivity (Wildman–Crippen MR) is 166 cm³/mol. The highest BCUT2D eigenvalue weighted by molar-refractivity contribution is 6.99. The molecule has 6 aromatic rings. The van der Waals surface area contributed by atoms with Crippen LogP contribution in [0.1, 0.15) is 11.1 Å². The number of aromatic nitrogens is 1. The number of rotatable bonds is 3. The minimum Gasteiger partial charge on any atom is -0.410 e. The van der Waals surface area contributed by atoms with Crippen LogP contribution in [-0.2, 0) is 4.74 Å². The summed E-state index contributed by atoms with van der Waals surface area (Å²) in [5.74, 6) is 0.338. The SMILES string of the molecule is C=Cc1c2c3c(c4c5ccccc5n(-c5ccccc5)c14)B(c1ccccc1)c1ccccc1N3C(=O)OC2=C. The highest BCUT2D eigenvalue weighted by Gasteiger charge is 2.45. The molecule has 2 aliphatic heterocycles. The van der Waals surface area contributed by atoms with Gasteiger partial charge in [-0.3, -0.25) is 0 Å². The molecule has 0 bridgehead atoms. The van der Waals surface area contributed by atoms with Gasteiger partial charge in [-0.15, -0.1) is 0 Å². The zero-order chi connectivity index (χ0) is 27.0. The Balaban J connectivity index is 1.67. The van der Waals surface area contributed by atoms with E-state index in [0.29, 0.717) is 5.76 Å². The second-order valence-electron chi connectivity index (χ2n) is 10.2. The molecule has 2 aliphatic rings. The Bertz CT molecular complexity index is 2040. The smallest absolute Gasteiger partial charge is 0.410 e. The van der Waals surface area contributed by atoms with Gasteiger partial charge in [0.05, 0.1) is 16.7 Å². The van der Waals surface area contributed by atoms with E-state index in [0.717, 1.165) is 66.4 Å². The van der Waals surface area contributed by atoms with Crippen molar-refractivity contribution in [1.29, 1.82) is 0 Å². The number of nitrogens with zero attached hydrogens (tertiary/aromatic N) is 2. The number of hydrogen-bond acceptors (Lipinski definition) is 2. The monoisotopic (exact) mass is 514 g/mol. The molecule has 1 amide bonds. The number of hydrogen-bond donors (Lipinski definition) is 0. The van der Waals surface area contributed by atoms with E-state index in [9.17, 15) is 4.79 Å². The van der Waals surface area contributed by atoms with Gasteiger partial charge in [0, 0.05) is 33.3 Å². The summed E-state index contributed by atoms with van der Waals surface area (Å²) in [7, 11) is 0. The highest BCUT2D eigenvalue weighted by Crippen LogP contribution is 2.47. The maximum Gasteiger partial charge on any atom is 0.424 e. The molecule has 188 valence electrons. The van der Waals surface area contributed by atoms with Crippen molar-refractivity contribution in [3.8, 4) is 5.69 Å². The van der Waals surface area contributed by atoms with Gasteiger partial charge in [-0.2, -0.15) is 0 Å². The van der Waals surface area contributed by atoms with Crippen LogP contribution < -0.4 is 21.3 Å². The van der Waals surface area contributed by atoms with Crippen molar-refractivity contribution < 1.29 is 9.53 Å². The fourth-order valence-electron chi connectivity index (χ4n) is 6.70. The largest absolute Gasteiger partial charge is 0.424 e. The number of benzene rings is 5. The van der Waals surface area contributed by atoms with Crippen molar-refractivity contribution in [2.45, 2.75) is 0 Å². The van der Waals surface area contributed by atoms with Crippen molar-refractivity contribution in [1.82, 2.24) is 4.57 Å². The Morgan fingerprint density at radius 3 is 2.25 bits per heavy atom. The first-order valence-corrected chi connectivity index (χ1v) is 13.3. The van der Waals surface area contributed by atoms with Gasteiger partial charge in [-0.05, 0) is 35.2 Å². The molecule has 1 aromatic heterocycles. The second kappa shape index (κ2) is 8.36. The van der Waals surface area contributed by atoms with Crippen molar-refractivity contribution in [2.75, 3.05) is 4.90 Å². The zero-order valence-electron chi connectivity index (χ0n) is 21.7. The van der Waals surface area contributed by atoms with E-state index in [1.165, 1.54) is 0 Å². The third-order valence-corrected chi connectivity index (χ3v) is 8.18. The summed E-state index contributed by atoms with van der Waals surface area (Å²) in [6.07, 6.45) is 1.43. The number of carbonyl (C=O) groups excluding carboxylic acids is 1. The number of carbonyl (C=O) groups is 1. The number of cyclic esters (lactones) is 1. The topological polar surface area (TPSA) is 34.5 Å². The molecule has 0 unspecified atom stereocenters. The molecule has 40 heavy (non-hydrogen) atoms. The van der Waals surface area contributed by atoms with Gasteiger partial charge >= 0.3 is 6.09 Å². The quantitative estimate of drug-likeness (QED) is 0.252. The van der Waals surface area contributed by atoms with Crippen LogP contribution in [0.25, 0.3) is 39.3 Å². The molecule has 4 nitrogen and oxygen atoms in total. The van der Waals surface area contributed by atoms with Gasteiger partial charge in [-0.1, -0.05) is 110 Å². The van der Waals surface area contributed by atoms with Gasteiger partial charge in [-0.25, -0.2) is 9.69 Å². The van der Waals surface area contributed by atoms with Gasteiger partial charge in [0.15, 0.2) is 0 Å². The summed E-state index contributed by atoms with van der Waals surface area (Å²) in [6, 6.07) is 37.5. The third-order valence-electron chi connectivity index (χ3n) is 8.18. The number of fused-ring (bicyclic) bond motifs is 6. The summed E-state index contributed by atoms with van der Waals surface area (Å²) in [5, 5.41) is 2.22. The molecule has 5 heteroatoms. The number of ether oxygens (including phenoxy) is 1. The third kappa shape index (κ3) is 2.89. The van der Waals surface area contributed by atoms with Crippen LogP contribution in [0.2, 0.25) is 0 Å². The van der Waals surface area contributed by atoms with E-state index in [2.05, 4.69) is 96.6 Å². The Kier molecular flexibility index (Phi) is 4.74. The minimum atomic E-state index is -0.445. The van der Waals surface area contributed by atoms with Gasteiger partial charge in [0.25, 0.3) is 0 Å². The van der Waals surface area contributed by atoms with E-state index < -0.39 is 6.09 Å². The van der Waals surface area contributed by atoms with Crippen LogP contribution in [0, 0.1) is 0 Å². The maximum absolute atomic E-state index is 13.6. The summed E-state index contributed by atoms with van der Waals surface area (Å²) in [6.45, 7) is 8.38. The van der Waals surface area contributed by atoms with Crippen molar-refractivity contribution in [3.05, 3.63) is 133 Å². The van der Waals surface area contributed by atoms with Crippen LogP contribution in [0.5, 0.6) is 0 Å². The van der Waals surface area contributed by atoms with Crippen LogP contribution in [0.3, 0.4) is 0 Å². The molecule has 0 fully saturated rings. The number of para-hydroxylation sites is 3. The first-order valence-electron chi connectivity index (χ1n) is 13.3. The lowest BCUT2D eigenvalue weighted by Crippen LogP contribution is -2.60. The fourth-order valence-corrected chi connectivity index (χ4v) is 6.70. The molecule has 0 saturated heterocycles. The zero-order valence-corrected chi connectivity index (χ0v) is 21.7. The van der Waals surface area contributed by atoms with Crippen LogP contribution in [-0.4, -0.2) is 17.4 Å². The van der Waals surface area contributed by atoms with E-state index >= 15 is 0 Å². The number of anilines is 2. The first kappa shape index (κ1) is 22.7. The Morgan fingerprint density at radius 1 is 0.800 bits per heavy atom. The van der Waals surface area contributed by atoms with E-state index in [1.807, 2.05) is 36.4 Å². The molecular formula is C35H23BN2O2. The molecule has 8 rings (SSSR count). The first-order chi connectivity index (χ1) is 19.7. The van der Waals surface area contributed by atoms with Gasteiger partial charge in [0.1, 0.15) is 5.76 Å². The standard InChI is InChI=1S/C35H23BN2O2/c1-3-25-30-22(2)40-35(39)38-29-21-13-11-19-27(29)36(23-14-6-4-7-15-23)32(34(30)38)31-26-18-10-12-20-28(26)37(33(25)31)24-16-8-5-9-17-24/h3-21H,1-2H2. The van der Waals surface area contributed by atoms with E-state index in [4.69, 9.17) is 4.74 Å². The predicted octanol–water partition coefficient (Wildman–Crippen LogP) is 6.52. The summed E-state index contributed by atoms with van der Waals surface area (Å²) in [5.41, 5.74) is 9.78. The van der Waals surface area contributed by atoms with Crippen molar-refractivity contribution in [3.63, 3.8) is 0 Å². The molecule has 5 aromatic carbocycles. The molecular weight excluding hydrogens is 491 g/mol. The highest BCUT2D eigenvalue weighted by atomic mass is 16.6.